The lowest BCUT2D eigenvalue weighted by atomic mass is 9.61. The van der Waals surface area contributed by atoms with Gasteiger partial charge in [0.25, 0.3) is 0 Å². The fourth-order valence-corrected chi connectivity index (χ4v) is 5.00. The Morgan fingerprint density at radius 1 is 1.20 bits per heavy atom. The molecule has 9 nitrogen and oxygen atoms in total. The van der Waals surface area contributed by atoms with Crippen molar-refractivity contribution in [2.75, 3.05) is 36.5 Å². The van der Waals surface area contributed by atoms with Crippen LogP contribution in [0.3, 0.4) is 0 Å². The van der Waals surface area contributed by atoms with Crippen LogP contribution < -0.4 is 10.2 Å². The molecule has 1 aliphatic carbocycles. The molecule has 3 aliphatic rings. The number of aromatic nitrogens is 6. The topological polar surface area (TPSA) is 96.3 Å². The average Bonchev–Trinajstić information content (AvgIpc) is 3.33. The molecule has 1 saturated carbocycles. The van der Waals surface area contributed by atoms with Crippen LogP contribution in [0.4, 0.5) is 20.4 Å². The molecule has 0 bridgehead atoms. The third-order valence-corrected chi connectivity index (χ3v) is 6.33. The van der Waals surface area contributed by atoms with Crippen molar-refractivity contribution in [3.8, 4) is 11.3 Å². The van der Waals surface area contributed by atoms with Crippen molar-refractivity contribution in [3.05, 3.63) is 18.7 Å². The van der Waals surface area contributed by atoms with Crippen LogP contribution in [0.5, 0.6) is 0 Å². The lowest BCUT2D eigenvalue weighted by Crippen LogP contribution is -2.66. The van der Waals surface area contributed by atoms with Crippen LogP contribution in [-0.2, 0) is 4.74 Å². The standard InChI is InChI=1S/C19H22F2N8O/c20-19(21)7-18(8-19)9-28(10-18)15-14(12-5-23-24-6-12)22-11-29-16(15)26-17(27-29)25-13-1-3-30-4-2-13/h5-6,11,13H,1-4,7-10H2,(H,23,24)(H,25,27). The van der Waals surface area contributed by atoms with E-state index in [1.54, 1.807) is 23.2 Å². The van der Waals surface area contributed by atoms with Gasteiger partial charge >= 0.3 is 0 Å². The first-order chi connectivity index (χ1) is 14.5. The summed E-state index contributed by atoms with van der Waals surface area (Å²) in [4.78, 5) is 11.4. The highest BCUT2D eigenvalue weighted by Gasteiger charge is 2.62. The minimum Gasteiger partial charge on any atom is -0.381 e. The molecule has 30 heavy (non-hydrogen) atoms. The summed E-state index contributed by atoms with van der Waals surface area (Å²) >= 11 is 0. The molecule has 11 heteroatoms. The van der Waals surface area contributed by atoms with Gasteiger partial charge in [0.1, 0.15) is 17.7 Å². The Labute approximate surface area is 170 Å². The third kappa shape index (κ3) is 2.91. The molecule has 6 rings (SSSR count). The average molecular weight is 416 g/mol. The van der Waals surface area contributed by atoms with Crippen molar-refractivity contribution in [1.29, 1.82) is 0 Å². The number of nitrogens with zero attached hydrogens (tertiary/aromatic N) is 6. The number of ether oxygens (including phenoxy) is 1. The highest BCUT2D eigenvalue weighted by molar-refractivity contribution is 5.85. The van der Waals surface area contributed by atoms with Crippen molar-refractivity contribution in [1.82, 2.24) is 29.8 Å². The smallest absolute Gasteiger partial charge is 0.249 e. The molecular formula is C19H22F2N8O. The number of halogens is 2. The fourth-order valence-electron chi connectivity index (χ4n) is 5.00. The number of aromatic amines is 1. The van der Waals surface area contributed by atoms with Gasteiger partial charge in [-0.05, 0) is 12.8 Å². The fraction of sp³-hybridized carbons (Fsp3) is 0.579. The van der Waals surface area contributed by atoms with Crippen LogP contribution in [0, 0.1) is 5.41 Å². The van der Waals surface area contributed by atoms with Gasteiger partial charge in [-0.1, -0.05) is 0 Å². The Bertz CT molecular complexity index is 1060. The molecule has 0 amide bonds. The zero-order valence-corrected chi connectivity index (χ0v) is 16.3. The summed E-state index contributed by atoms with van der Waals surface area (Å²) in [5.74, 6) is -1.99. The first kappa shape index (κ1) is 18.0. The van der Waals surface area contributed by atoms with Crippen molar-refractivity contribution >= 4 is 17.3 Å². The maximum absolute atomic E-state index is 13.5. The predicted molar refractivity (Wildman–Crippen MR) is 105 cm³/mol. The van der Waals surface area contributed by atoms with Crippen LogP contribution in [0.1, 0.15) is 25.7 Å². The number of hydrogen-bond donors (Lipinski definition) is 2. The molecule has 158 valence electrons. The zero-order chi connectivity index (χ0) is 20.3. The molecule has 1 spiro atoms. The van der Waals surface area contributed by atoms with Crippen molar-refractivity contribution in [2.24, 2.45) is 5.41 Å². The maximum Gasteiger partial charge on any atom is 0.249 e. The van der Waals surface area contributed by atoms with E-state index >= 15 is 0 Å². The van der Waals surface area contributed by atoms with E-state index in [0.29, 0.717) is 24.7 Å². The Kier molecular flexibility index (Phi) is 3.80. The van der Waals surface area contributed by atoms with Gasteiger partial charge in [0.2, 0.25) is 11.9 Å². The van der Waals surface area contributed by atoms with E-state index < -0.39 is 5.92 Å². The number of hydrogen-bond acceptors (Lipinski definition) is 7. The van der Waals surface area contributed by atoms with Gasteiger partial charge in [0.15, 0.2) is 5.65 Å². The summed E-state index contributed by atoms with van der Waals surface area (Å²) in [6.45, 7) is 2.60. The molecule has 2 N–H and O–H groups in total. The zero-order valence-electron chi connectivity index (χ0n) is 16.3. The molecule has 2 saturated heterocycles. The normalized spacial score (nSPS) is 22.8. The lowest BCUT2D eigenvalue weighted by molar-refractivity contribution is -0.170. The Balaban J connectivity index is 1.35. The van der Waals surface area contributed by atoms with E-state index in [1.807, 2.05) is 0 Å². The molecule has 5 heterocycles. The van der Waals surface area contributed by atoms with Crippen LogP contribution in [0.15, 0.2) is 18.7 Å². The molecule has 0 atom stereocenters. The van der Waals surface area contributed by atoms with Gasteiger partial charge in [-0.25, -0.2) is 13.8 Å². The highest BCUT2D eigenvalue weighted by atomic mass is 19.3. The molecule has 0 unspecified atom stereocenters. The summed E-state index contributed by atoms with van der Waals surface area (Å²) in [6, 6.07) is 0.269. The molecule has 2 aliphatic heterocycles. The van der Waals surface area contributed by atoms with Crippen LogP contribution in [-0.4, -0.2) is 68.0 Å². The highest BCUT2D eigenvalue weighted by Crippen LogP contribution is 2.58. The number of H-pyrrole nitrogens is 1. The predicted octanol–water partition coefficient (Wildman–Crippen LogP) is 2.34. The minimum absolute atomic E-state index is 0.0443. The lowest BCUT2D eigenvalue weighted by Gasteiger charge is -2.59. The monoisotopic (exact) mass is 416 g/mol. The van der Waals surface area contributed by atoms with E-state index in [9.17, 15) is 8.78 Å². The van der Waals surface area contributed by atoms with Gasteiger partial charge in [-0.15, -0.1) is 5.10 Å². The Hall–Kier alpha value is -2.82. The molecular weight excluding hydrogens is 394 g/mol. The second kappa shape index (κ2) is 6.34. The van der Waals surface area contributed by atoms with Gasteiger partial charge in [-0.3, -0.25) is 5.10 Å². The second-order valence-electron chi connectivity index (χ2n) is 8.73. The molecule has 0 aromatic carbocycles. The molecule has 3 aromatic heterocycles. The summed E-state index contributed by atoms with van der Waals surface area (Å²) in [6.07, 6.45) is 6.83. The SMILES string of the molecule is FC1(F)CC2(CN(c3c(-c4cn[nH]c4)ncn4nc(NC5CCOCC5)nc34)C2)C1. The Morgan fingerprint density at radius 2 is 2.00 bits per heavy atom. The quantitative estimate of drug-likeness (QED) is 0.674. The van der Waals surface area contributed by atoms with Crippen LogP contribution in [0.2, 0.25) is 0 Å². The summed E-state index contributed by atoms with van der Waals surface area (Å²) < 4.78 is 34.0. The Morgan fingerprint density at radius 3 is 2.70 bits per heavy atom. The van der Waals surface area contributed by atoms with Gasteiger partial charge < -0.3 is 15.0 Å². The van der Waals surface area contributed by atoms with Crippen molar-refractivity contribution in [3.63, 3.8) is 0 Å². The van der Waals surface area contributed by atoms with Crippen molar-refractivity contribution < 1.29 is 13.5 Å². The summed E-state index contributed by atoms with van der Waals surface area (Å²) in [5, 5.41) is 14.8. The third-order valence-electron chi connectivity index (χ3n) is 6.33. The van der Waals surface area contributed by atoms with Crippen LogP contribution >= 0.6 is 0 Å². The van der Waals surface area contributed by atoms with E-state index in [1.165, 1.54) is 0 Å². The summed E-state index contributed by atoms with van der Waals surface area (Å²) in [5.41, 5.74) is 2.73. The van der Waals surface area contributed by atoms with Crippen LogP contribution in [0.25, 0.3) is 16.9 Å². The molecule has 3 fully saturated rings. The van der Waals surface area contributed by atoms with Gasteiger partial charge in [0, 0.05) is 62.4 Å². The van der Waals surface area contributed by atoms with E-state index in [2.05, 4.69) is 30.5 Å². The number of fused-ring (bicyclic) bond motifs is 1. The number of rotatable bonds is 4. The van der Waals surface area contributed by atoms with E-state index in [0.717, 1.165) is 43.0 Å². The number of nitrogens with one attached hydrogen (secondary N) is 2. The van der Waals surface area contributed by atoms with Gasteiger partial charge in [0.05, 0.1) is 6.20 Å². The minimum atomic E-state index is -2.53. The maximum atomic E-state index is 13.5. The molecule has 3 aromatic rings. The number of anilines is 2. The first-order valence-electron chi connectivity index (χ1n) is 10.2. The van der Waals surface area contributed by atoms with Crippen molar-refractivity contribution in [2.45, 2.75) is 37.6 Å². The first-order valence-corrected chi connectivity index (χ1v) is 10.2. The summed E-state index contributed by atoms with van der Waals surface area (Å²) in [7, 11) is 0. The number of alkyl halides is 2. The van der Waals surface area contributed by atoms with E-state index in [-0.39, 0.29) is 24.3 Å². The van der Waals surface area contributed by atoms with E-state index in [4.69, 9.17) is 9.72 Å². The second-order valence-corrected chi connectivity index (χ2v) is 8.73. The largest absolute Gasteiger partial charge is 0.381 e. The van der Waals surface area contributed by atoms with Gasteiger partial charge in [-0.2, -0.15) is 14.6 Å². The molecule has 0 radical (unpaired) electrons.